The van der Waals surface area contributed by atoms with Gasteiger partial charge in [-0.2, -0.15) is 5.10 Å². The van der Waals surface area contributed by atoms with Gasteiger partial charge in [-0.25, -0.2) is 27.5 Å². The van der Waals surface area contributed by atoms with Crippen LogP contribution in [0.4, 0.5) is 14.5 Å². The van der Waals surface area contributed by atoms with E-state index in [4.69, 9.17) is 18.8 Å². The van der Waals surface area contributed by atoms with Gasteiger partial charge in [0.05, 0.1) is 29.2 Å². The number of aromatic nitrogens is 3. The van der Waals surface area contributed by atoms with Crippen LogP contribution in [0.5, 0.6) is 0 Å². The number of thiazole rings is 1. The Balaban J connectivity index is 1.51. The number of nitrogens with zero attached hydrogens (tertiary/aromatic N) is 3. The van der Waals surface area contributed by atoms with Gasteiger partial charge < -0.3 is 9.15 Å². The van der Waals surface area contributed by atoms with E-state index < -0.39 is 28.9 Å². The lowest BCUT2D eigenvalue weighted by molar-refractivity contribution is 0.0520. The second-order valence-corrected chi connectivity index (χ2v) is 12.0. The molecule has 0 spiro atoms. The molecule has 0 amide bonds. The van der Waals surface area contributed by atoms with Crippen LogP contribution in [0, 0.1) is 24.5 Å². The van der Waals surface area contributed by atoms with Gasteiger partial charge in [-0.1, -0.05) is 6.07 Å². The van der Waals surface area contributed by atoms with Crippen LogP contribution in [0.25, 0.3) is 27.7 Å². The van der Waals surface area contributed by atoms with E-state index in [2.05, 4.69) is 9.71 Å². The molecule has 1 atom stereocenters. The van der Waals surface area contributed by atoms with Crippen molar-refractivity contribution < 1.29 is 31.5 Å². The summed E-state index contributed by atoms with van der Waals surface area (Å²) in [6.45, 7) is 3.71. The first kappa shape index (κ1) is 29.9. The molecular formula is C31H28F2N4O5S2. The van der Waals surface area contributed by atoms with Gasteiger partial charge in [0.15, 0.2) is 5.69 Å². The van der Waals surface area contributed by atoms with Crippen molar-refractivity contribution in [2.24, 2.45) is 5.92 Å². The molecule has 2 aromatic carbocycles. The molecule has 1 aliphatic rings. The largest absolute Gasteiger partial charge is 0.461 e. The summed E-state index contributed by atoms with van der Waals surface area (Å²) in [5.41, 5.74) is 3.56. The van der Waals surface area contributed by atoms with Crippen molar-refractivity contribution in [3.8, 4) is 27.7 Å². The maximum Gasteiger partial charge on any atom is 0.357 e. The zero-order valence-electron chi connectivity index (χ0n) is 23.8. The average molecular weight is 639 g/mol. The highest BCUT2D eigenvalue weighted by Crippen LogP contribution is 2.39. The fourth-order valence-electron chi connectivity index (χ4n) is 5.01. The number of furan rings is 1. The summed E-state index contributed by atoms with van der Waals surface area (Å²) in [7, 11) is 0. The monoisotopic (exact) mass is 638 g/mol. The van der Waals surface area contributed by atoms with E-state index in [0.29, 0.717) is 45.8 Å². The molecule has 0 saturated heterocycles. The third kappa shape index (κ3) is 6.35. The second kappa shape index (κ2) is 12.4. The SMILES string of the molecule is CCOC(=O)c1csc(-n2nc(-c3ccc(F)c(-c4ccc(C)o4)c3)c(Cc3ccc(NS(=O)O)cc3F)c2CC2CC2)n1. The minimum Gasteiger partial charge on any atom is -0.461 e. The maximum atomic E-state index is 15.4. The summed E-state index contributed by atoms with van der Waals surface area (Å²) in [5.74, 6) is -0.148. The van der Waals surface area contributed by atoms with Crippen LogP contribution >= 0.6 is 11.3 Å². The molecule has 1 saturated carbocycles. The number of esters is 1. The topological polar surface area (TPSA) is 119 Å². The molecule has 0 aliphatic heterocycles. The zero-order valence-corrected chi connectivity index (χ0v) is 25.4. The van der Waals surface area contributed by atoms with E-state index in [0.717, 1.165) is 30.2 Å². The fraction of sp³-hybridized carbons (Fsp3) is 0.258. The Hall–Kier alpha value is -4.20. The fourth-order valence-corrected chi connectivity index (χ4v) is 6.11. The lowest BCUT2D eigenvalue weighted by Crippen LogP contribution is -2.08. The minimum atomic E-state index is -2.35. The molecule has 6 rings (SSSR count). The number of rotatable bonds is 11. The number of anilines is 1. The molecule has 0 radical (unpaired) electrons. The predicted molar refractivity (Wildman–Crippen MR) is 163 cm³/mol. The quantitative estimate of drug-likeness (QED) is 0.117. The first-order valence-electron chi connectivity index (χ1n) is 14.0. The molecule has 0 bridgehead atoms. The third-order valence-electron chi connectivity index (χ3n) is 7.30. The summed E-state index contributed by atoms with van der Waals surface area (Å²) >= 11 is -1.11. The van der Waals surface area contributed by atoms with Crippen molar-refractivity contribution in [1.29, 1.82) is 0 Å². The highest BCUT2D eigenvalue weighted by molar-refractivity contribution is 7.80. The molecule has 1 aliphatic carbocycles. The van der Waals surface area contributed by atoms with Gasteiger partial charge >= 0.3 is 5.97 Å². The lowest BCUT2D eigenvalue weighted by atomic mass is 9.95. The van der Waals surface area contributed by atoms with Crippen LogP contribution in [0.3, 0.4) is 0 Å². The number of hydrogen-bond donors (Lipinski definition) is 2. The number of halogens is 2. The van der Waals surface area contributed by atoms with Gasteiger partial charge in [-0.15, -0.1) is 11.3 Å². The Morgan fingerprint density at radius 1 is 1.18 bits per heavy atom. The third-order valence-corrected chi connectivity index (χ3v) is 8.52. The van der Waals surface area contributed by atoms with Gasteiger partial charge in [0, 0.05) is 22.9 Å². The molecule has 3 heterocycles. The first-order chi connectivity index (χ1) is 21.2. The van der Waals surface area contributed by atoms with Crippen LogP contribution < -0.4 is 4.72 Å². The highest BCUT2D eigenvalue weighted by atomic mass is 32.2. The Morgan fingerprint density at radius 2 is 2.00 bits per heavy atom. The molecular weight excluding hydrogens is 610 g/mol. The summed E-state index contributed by atoms with van der Waals surface area (Å²) in [6.07, 6.45) is 2.86. The van der Waals surface area contributed by atoms with Gasteiger partial charge in [-0.3, -0.25) is 9.27 Å². The van der Waals surface area contributed by atoms with Crippen LogP contribution in [-0.2, 0) is 28.8 Å². The Kier molecular flexibility index (Phi) is 8.43. The summed E-state index contributed by atoms with van der Waals surface area (Å²) in [4.78, 5) is 16.9. The molecule has 2 N–H and O–H groups in total. The van der Waals surface area contributed by atoms with E-state index in [1.54, 1.807) is 54.2 Å². The smallest absolute Gasteiger partial charge is 0.357 e. The second-order valence-electron chi connectivity index (χ2n) is 10.5. The van der Waals surface area contributed by atoms with E-state index in [-0.39, 0.29) is 30.0 Å². The molecule has 13 heteroatoms. The number of carbonyl (C=O) groups is 1. The summed E-state index contributed by atoms with van der Waals surface area (Å²) in [6, 6.07) is 12.3. The lowest BCUT2D eigenvalue weighted by Gasteiger charge is -2.11. The van der Waals surface area contributed by atoms with Gasteiger partial charge in [0.1, 0.15) is 23.2 Å². The van der Waals surface area contributed by atoms with Crippen molar-refractivity contribution >= 4 is 34.3 Å². The van der Waals surface area contributed by atoms with Crippen molar-refractivity contribution in [2.75, 3.05) is 11.3 Å². The predicted octanol–water partition coefficient (Wildman–Crippen LogP) is 7.11. The standard InChI is InChI=1S/C31H28F2N4O5S2/c1-3-41-30(38)26-16-43-31(34-26)37-27(12-18-5-6-18)23(13-19-7-9-21(15-25(19)33)36-44(39)40)29(35-37)20-8-10-24(32)22(14-20)28-11-4-17(2)42-28/h4,7-11,14-16,18,36H,3,5-6,12-13H2,1-2H3,(H,39,40). The average Bonchev–Trinajstić information content (AvgIpc) is 3.33. The minimum absolute atomic E-state index is 0.133. The highest BCUT2D eigenvalue weighted by Gasteiger charge is 2.30. The number of ether oxygens (including phenoxy) is 1. The number of hydrogen-bond acceptors (Lipinski definition) is 7. The van der Waals surface area contributed by atoms with Crippen LogP contribution in [0.1, 0.15) is 52.8 Å². The molecule has 44 heavy (non-hydrogen) atoms. The number of aryl methyl sites for hydroxylation is 1. The van der Waals surface area contributed by atoms with Crippen molar-refractivity contribution in [3.63, 3.8) is 0 Å². The van der Waals surface area contributed by atoms with E-state index in [1.165, 1.54) is 23.5 Å². The van der Waals surface area contributed by atoms with E-state index in [1.807, 2.05) is 0 Å². The van der Waals surface area contributed by atoms with E-state index >= 15 is 8.78 Å². The molecule has 9 nitrogen and oxygen atoms in total. The van der Waals surface area contributed by atoms with Crippen molar-refractivity contribution in [3.05, 3.63) is 93.8 Å². The van der Waals surface area contributed by atoms with Crippen molar-refractivity contribution in [2.45, 2.75) is 39.5 Å². The Morgan fingerprint density at radius 3 is 2.68 bits per heavy atom. The Bertz CT molecular complexity index is 1880. The van der Waals surface area contributed by atoms with E-state index in [9.17, 15) is 9.00 Å². The van der Waals surface area contributed by atoms with Gasteiger partial charge in [0.25, 0.3) is 11.3 Å². The van der Waals surface area contributed by atoms with Crippen LogP contribution in [0.2, 0.25) is 0 Å². The Labute approximate surface area is 258 Å². The summed E-state index contributed by atoms with van der Waals surface area (Å²) in [5, 5.41) is 7.02. The molecule has 5 aromatic rings. The number of nitrogens with one attached hydrogen (secondary N) is 1. The first-order valence-corrected chi connectivity index (χ1v) is 15.9. The zero-order chi connectivity index (χ0) is 31.0. The van der Waals surface area contributed by atoms with Gasteiger partial charge in [0.2, 0.25) is 5.13 Å². The molecule has 3 aromatic heterocycles. The van der Waals surface area contributed by atoms with Crippen molar-refractivity contribution in [1.82, 2.24) is 14.8 Å². The summed E-state index contributed by atoms with van der Waals surface area (Å²) < 4.78 is 65.6. The molecule has 228 valence electrons. The maximum absolute atomic E-state index is 15.4. The van der Waals surface area contributed by atoms with Crippen LogP contribution in [-0.4, -0.2) is 36.1 Å². The number of carbonyl (C=O) groups excluding carboxylic acids is 1. The normalized spacial score (nSPS) is 13.7. The van der Waals surface area contributed by atoms with Crippen LogP contribution in [0.15, 0.2) is 58.3 Å². The van der Waals surface area contributed by atoms with Gasteiger partial charge in [-0.05, 0) is 87.1 Å². The molecule has 1 fully saturated rings. The molecule has 1 unspecified atom stereocenters. The number of benzene rings is 2.